The van der Waals surface area contributed by atoms with Crippen LogP contribution in [0.2, 0.25) is 5.02 Å². The van der Waals surface area contributed by atoms with Crippen LogP contribution in [-0.4, -0.2) is 21.5 Å². The summed E-state index contributed by atoms with van der Waals surface area (Å²) in [6.45, 7) is 0.0974. The molecule has 0 aliphatic rings. The van der Waals surface area contributed by atoms with Crippen molar-refractivity contribution in [1.29, 1.82) is 0 Å². The molecule has 0 atom stereocenters. The second-order valence-corrected chi connectivity index (χ2v) is 4.30. The lowest BCUT2D eigenvalue weighted by atomic mass is 10.2. The molecule has 6 heteroatoms. The van der Waals surface area contributed by atoms with Crippen molar-refractivity contribution in [2.75, 3.05) is 12.3 Å². The van der Waals surface area contributed by atoms with Gasteiger partial charge in [0.1, 0.15) is 11.6 Å². The molecule has 1 heterocycles. The van der Waals surface area contributed by atoms with E-state index in [4.69, 9.17) is 22.4 Å². The first-order valence-corrected chi connectivity index (χ1v) is 5.90. The van der Waals surface area contributed by atoms with Crippen LogP contribution in [0, 0.1) is 5.82 Å². The van der Waals surface area contributed by atoms with Crippen LogP contribution in [0.5, 0.6) is 0 Å². The zero-order valence-electron chi connectivity index (χ0n) is 9.61. The lowest BCUT2D eigenvalue weighted by Gasteiger charge is -2.06. The third-order valence-corrected chi connectivity index (χ3v) is 2.94. The van der Waals surface area contributed by atoms with Gasteiger partial charge in [-0.2, -0.15) is 5.10 Å². The lowest BCUT2D eigenvalue weighted by Crippen LogP contribution is -2.04. The van der Waals surface area contributed by atoms with Crippen molar-refractivity contribution >= 4 is 17.4 Å². The predicted molar refractivity (Wildman–Crippen MR) is 68.4 cm³/mol. The van der Waals surface area contributed by atoms with Gasteiger partial charge in [0.25, 0.3) is 0 Å². The maximum Gasteiger partial charge on any atom is 0.143 e. The fourth-order valence-electron chi connectivity index (χ4n) is 1.68. The van der Waals surface area contributed by atoms with Gasteiger partial charge in [-0.15, -0.1) is 0 Å². The van der Waals surface area contributed by atoms with E-state index in [-0.39, 0.29) is 11.6 Å². The Bertz CT molecular complexity index is 556. The number of halogens is 2. The summed E-state index contributed by atoms with van der Waals surface area (Å²) in [4.78, 5) is 0. The Balaban J connectivity index is 2.33. The van der Waals surface area contributed by atoms with E-state index in [1.165, 1.54) is 16.8 Å². The highest BCUT2D eigenvalue weighted by Crippen LogP contribution is 2.22. The molecular formula is C12H13ClFN3O. The fourth-order valence-corrected chi connectivity index (χ4v) is 1.79. The number of nitrogen functional groups attached to an aromatic ring is 1. The highest BCUT2D eigenvalue weighted by molar-refractivity contribution is 6.30. The van der Waals surface area contributed by atoms with Crippen molar-refractivity contribution in [1.82, 2.24) is 9.78 Å². The van der Waals surface area contributed by atoms with Crippen LogP contribution in [0.1, 0.15) is 12.0 Å². The van der Waals surface area contributed by atoms with Crippen molar-refractivity contribution in [2.24, 2.45) is 0 Å². The monoisotopic (exact) mass is 269 g/mol. The minimum Gasteiger partial charge on any atom is -0.396 e. The van der Waals surface area contributed by atoms with Crippen LogP contribution in [0.4, 0.5) is 10.2 Å². The molecule has 0 aliphatic carbocycles. The standard InChI is InChI=1S/C12H13ClFN3O/c13-10-4-3-9(6-11(10)14)17-12(15)8(7-16-17)2-1-5-18/h3-4,6-7,18H,1-2,5,15H2. The first-order chi connectivity index (χ1) is 8.63. The van der Waals surface area contributed by atoms with Gasteiger partial charge in [0, 0.05) is 18.2 Å². The average molecular weight is 270 g/mol. The molecule has 0 spiro atoms. The van der Waals surface area contributed by atoms with Gasteiger partial charge in [-0.25, -0.2) is 9.07 Å². The number of nitrogens with two attached hydrogens (primary N) is 1. The number of aliphatic hydroxyl groups is 1. The van der Waals surface area contributed by atoms with Gasteiger partial charge in [-0.05, 0) is 25.0 Å². The second kappa shape index (κ2) is 5.37. The molecule has 2 rings (SSSR count). The number of anilines is 1. The molecule has 0 saturated carbocycles. The Labute approximate surface area is 109 Å². The summed E-state index contributed by atoms with van der Waals surface area (Å²) >= 11 is 5.62. The van der Waals surface area contributed by atoms with Crippen LogP contribution >= 0.6 is 11.6 Å². The third-order valence-electron chi connectivity index (χ3n) is 2.64. The molecular weight excluding hydrogens is 257 g/mol. The summed E-state index contributed by atoms with van der Waals surface area (Å²) in [6.07, 6.45) is 2.88. The van der Waals surface area contributed by atoms with Gasteiger partial charge < -0.3 is 10.8 Å². The van der Waals surface area contributed by atoms with Crippen LogP contribution in [0.15, 0.2) is 24.4 Å². The molecule has 1 aromatic carbocycles. The molecule has 18 heavy (non-hydrogen) atoms. The zero-order valence-corrected chi connectivity index (χ0v) is 10.4. The molecule has 2 aromatic rings. The largest absolute Gasteiger partial charge is 0.396 e. The van der Waals surface area contributed by atoms with Crippen molar-refractivity contribution in [3.8, 4) is 5.69 Å². The number of hydrogen-bond acceptors (Lipinski definition) is 3. The molecule has 0 amide bonds. The second-order valence-electron chi connectivity index (χ2n) is 3.89. The van der Waals surface area contributed by atoms with Gasteiger partial charge in [0.05, 0.1) is 16.9 Å². The van der Waals surface area contributed by atoms with E-state index >= 15 is 0 Å². The van der Waals surface area contributed by atoms with Crippen molar-refractivity contribution in [2.45, 2.75) is 12.8 Å². The van der Waals surface area contributed by atoms with E-state index in [0.29, 0.717) is 24.3 Å². The Hall–Kier alpha value is -1.59. The summed E-state index contributed by atoms with van der Waals surface area (Å²) in [7, 11) is 0. The zero-order chi connectivity index (χ0) is 13.1. The summed E-state index contributed by atoms with van der Waals surface area (Å²) in [6, 6.07) is 4.38. The van der Waals surface area contributed by atoms with Crippen LogP contribution in [-0.2, 0) is 6.42 Å². The Morgan fingerprint density at radius 3 is 2.89 bits per heavy atom. The molecule has 3 N–H and O–H groups in total. The summed E-state index contributed by atoms with van der Waals surface area (Å²) < 4.78 is 14.8. The predicted octanol–water partition coefficient (Wildman–Crippen LogP) is 2.17. The van der Waals surface area contributed by atoms with Crippen molar-refractivity contribution < 1.29 is 9.50 Å². The lowest BCUT2D eigenvalue weighted by molar-refractivity contribution is 0.288. The number of aromatic nitrogens is 2. The van der Waals surface area contributed by atoms with Crippen LogP contribution in [0.25, 0.3) is 5.69 Å². The first-order valence-electron chi connectivity index (χ1n) is 5.52. The van der Waals surface area contributed by atoms with Crippen molar-refractivity contribution in [3.63, 3.8) is 0 Å². The quantitative estimate of drug-likeness (QED) is 0.894. The normalized spacial score (nSPS) is 10.8. The molecule has 4 nitrogen and oxygen atoms in total. The smallest absolute Gasteiger partial charge is 0.143 e. The number of aryl methyl sites for hydroxylation is 1. The average Bonchev–Trinajstić information content (AvgIpc) is 2.72. The molecule has 0 unspecified atom stereocenters. The third kappa shape index (κ3) is 2.47. The summed E-state index contributed by atoms with van der Waals surface area (Å²) in [5.41, 5.74) is 7.28. The van der Waals surface area contributed by atoms with Crippen molar-refractivity contribution in [3.05, 3.63) is 40.8 Å². The highest BCUT2D eigenvalue weighted by atomic mass is 35.5. The van der Waals surface area contributed by atoms with E-state index in [2.05, 4.69) is 5.10 Å². The van der Waals surface area contributed by atoms with Gasteiger partial charge in [-0.3, -0.25) is 0 Å². The highest BCUT2D eigenvalue weighted by Gasteiger charge is 2.10. The number of nitrogens with zero attached hydrogens (tertiary/aromatic N) is 2. The number of aliphatic hydroxyl groups excluding tert-OH is 1. The number of benzene rings is 1. The SMILES string of the molecule is Nc1c(CCCO)cnn1-c1ccc(Cl)c(F)c1. The fraction of sp³-hybridized carbons (Fsp3) is 0.250. The minimum atomic E-state index is -0.513. The molecule has 1 aromatic heterocycles. The van der Waals surface area contributed by atoms with Gasteiger partial charge in [-0.1, -0.05) is 11.6 Å². The van der Waals surface area contributed by atoms with Crippen LogP contribution in [0.3, 0.4) is 0 Å². The summed E-state index contributed by atoms with van der Waals surface area (Å²) in [5, 5.41) is 12.9. The minimum absolute atomic E-state index is 0.0602. The van der Waals surface area contributed by atoms with Gasteiger partial charge in [0.2, 0.25) is 0 Å². The maximum absolute atomic E-state index is 13.4. The van der Waals surface area contributed by atoms with E-state index in [9.17, 15) is 4.39 Å². The van der Waals surface area contributed by atoms with Crippen LogP contribution < -0.4 is 5.73 Å². The topological polar surface area (TPSA) is 64.1 Å². The molecule has 0 fully saturated rings. The molecule has 0 saturated heterocycles. The number of rotatable bonds is 4. The summed E-state index contributed by atoms with van der Waals surface area (Å²) in [5.74, 6) is -0.0638. The van der Waals surface area contributed by atoms with E-state index in [1.54, 1.807) is 12.3 Å². The molecule has 0 aliphatic heterocycles. The molecule has 0 radical (unpaired) electrons. The van der Waals surface area contributed by atoms with E-state index < -0.39 is 5.82 Å². The van der Waals surface area contributed by atoms with E-state index in [1.807, 2.05) is 0 Å². The first kappa shape index (κ1) is 12.9. The Morgan fingerprint density at radius 1 is 1.44 bits per heavy atom. The Kier molecular flexibility index (Phi) is 3.84. The van der Waals surface area contributed by atoms with Gasteiger partial charge >= 0.3 is 0 Å². The molecule has 0 bridgehead atoms. The van der Waals surface area contributed by atoms with E-state index in [0.717, 1.165) is 5.56 Å². The van der Waals surface area contributed by atoms with Gasteiger partial charge in [0.15, 0.2) is 0 Å². The molecule has 96 valence electrons. The number of hydrogen-bond donors (Lipinski definition) is 2. The maximum atomic E-state index is 13.4. The Morgan fingerprint density at radius 2 is 2.22 bits per heavy atom.